The van der Waals surface area contributed by atoms with Gasteiger partial charge in [0.2, 0.25) is 0 Å². The van der Waals surface area contributed by atoms with Crippen molar-refractivity contribution in [2.24, 2.45) is 0 Å². The summed E-state index contributed by atoms with van der Waals surface area (Å²) in [6.07, 6.45) is 1.12. The van der Waals surface area contributed by atoms with Crippen molar-refractivity contribution >= 4 is 17.6 Å². The molecule has 0 saturated heterocycles. The van der Waals surface area contributed by atoms with Crippen LogP contribution in [0.3, 0.4) is 0 Å². The molecule has 3 rings (SSSR count). The summed E-state index contributed by atoms with van der Waals surface area (Å²) < 4.78 is 1.06. The predicted molar refractivity (Wildman–Crippen MR) is 85.4 cm³/mol. The van der Waals surface area contributed by atoms with Gasteiger partial charge in [0.1, 0.15) is 17.5 Å². The Morgan fingerprint density at radius 3 is 2.65 bits per heavy atom. The summed E-state index contributed by atoms with van der Waals surface area (Å²) in [5.41, 5.74) is 0.907. The Balaban J connectivity index is 1.99. The van der Waals surface area contributed by atoms with Crippen LogP contribution in [0.1, 0.15) is 16.8 Å². The minimum atomic E-state index is -0.758. The quantitative estimate of drug-likeness (QED) is 0.866. The lowest BCUT2D eigenvalue weighted by atomic mass is 10.1. The van der Waals surface area contributed by atoms with Crippen LogP contribution in [-0.4, -0.2) is 20.6 Å². The second-order valence-electron chi connectivity index (χ2n) is 4.97. The summed E-state index contributed by atoms with van der Waals surface area (Å²) >= 11 is 1.07. The van der Waals surface area contributed by atoms with E-state index in [1.54, 1.807) is 0 Å². The third-order valence-corrected chi connectivity index (χ3v) is 4.61. The van der Waals surface area contributed by atoms with Crippen LogP contribution in [0.4, 0.5) is 0 Å². The number of nitriles is 2. The van der Waals surface area contributed by atoms with Crippen molar-refractivity contribution in [2.75, 3.05) is 0 Å². The van der Waals surface area contributed by atoms with Crippen LogP contribution in [-0.2, 0) is 12.8 Å². The van der Waals surface area contributed by atoms with E-state index >= 15 is 0 Å². The number of aryl methyl sites for hydroxylation is 2. The van der Waals surface area contributed by atoms with Crippen molar-refractivity contribution in [3.63, 3.8) is 0 Å². The van der Waals surface area contributed by atoms with Gasteiger partial charge in [-0.3, -0.25) is 10.2 Å². The van der Waals surface area contributed by atoms with E-state index in [1.807, 2.05) is 42.5 Å². The van der Waals surface area contributed by atoms with Crippen molar-refractivity contribution < 1.29 is 0 Å². The SMILES string of the molecule is N#Cc1c(CCc2ccccc2)nc2n(c1=O)C(=N)C(C#N)S2. The van der Waals surface area contributed by atoms with Gasteiger partial charge in [-0.25, -0.2) is 9.55 Å². The minimum Gasteiger partial charge on any atom is -0.286 e. The maximum absolute atomic E-state index is 12.4. The summed E-state index contributed by atoms with van der Waals surface area (Å²) in [5.74, 6) is -0.129. The number of nitrogens with one attached hydrogen (secondary N) is 1. The highest BCUT2D eigenvalue weighted by Gasteiger charge is 2.32. The molecule has 1 aromatic heterocycles. The van der Waals surface area contributed by atoms with E-state index in [0.717, 1.165) is 21.9 Å². The molecule has 1 aliphatic heterocycles. The molecule has 2 heterocycles. The molecule has 0 saturated carbocycles. The lowest BCUT2D eigenvalue weighted by Crippen LogP contribution is -2.31. The second-order valence-corrected chi connectivity index (χ2v) is 6.04. The Labute approximate surface area is 136 Å². The molecule has 0 aliphatic carbocycles. The van der Waals surface area contributed by atoms with Gasteiger partial charge in [0.25, 0.3) is 5.56 Å². The molecular weight excluding hydrogens is 310 g/mol. The van der Waals surface area contributed by atoms with Gasteiger partial charge in [-0.1, -0.05) is 42.1 Å². The summed E-state index contributed by atoms with van der Waals surface area (Å²) in [4.78, 5) is 16.8. The van der Waals surface area contributed by atoms with Crippen LogP contribution in [0.2, 0.25) is 0 Å². The lowest BCUT2D eigenvalue weighted by Gasteiger charge is -2.07. The molecule has 0 amide bonds. The zero-order valence-corrected chi connectivity index (χ0v) is 12.8. The smallest absolute Gasteiger partial charge is 0.277 e. The minimum absolute atomic E-state index is 0.0476. The first-order chi connectivity index (χ1) is 11.2. The number of aromatic nitrogens is 2. The van der Waals surface area contributed by atoms with Gasteiger partial charge in [-0.05, 0) is 18.4 Å². The number of hydrogen-bond donors (Lipinski definition) is 1. The van der Waals surface area contributed by atoms with E-state index in [2.05, 4.69) is 4.98 Å². The third-order valence-electron chi connectivity index (χ3n) is 3.56. The molecule has 112 valence electrons. The number of fused-ring (bicyclic) bond motifs is 1. The normalized spacial score (nSPS) is 15.7. The first-order valence-corrected chi connectivity index (χ1v) is 7.78. The molecule has 6 nitrogen and oxygen atoms in total. The highest BCUT2D eigenvalue weighted by molar-refractivity contribution is 8.01. The van der Waals surface area contributed by atoms with E-state index in [4.69, 9.17) is 10.7 Å². The fraction of sp³-hybridized carbons (Fsp3) is 0.188. The van der Waals surface area contributed by atoms with Gasteiger partial charge in [0.05, 0.1) is 11.8 Å². The van der Waals surface area contributed by atoms with Crippen molar-refractivity contribution in [1.29, 1.82) is 15.9 Å². The van der Waals surface area contributed by atoms with Crippen LogP contribution < -0.4 is 5.56 Å². The van der Waals surface area contributed by atoms with Crippen LogP contribution in [0.25, 0.3) is 0 Å². The maximum Gasteiger partial charge on any atom is 0.277 e. The highest BCUT2D eigenvalue weighted by Crippen LogP contribution is 2.29. The van der Waals surface area contributed by atoms with Crippen molar-refractivity contribution in [3.8, 4) is 12.1 Å². The molecule has 0 bridgehead atoms. The third kappa shape index (κ3) is 2.63. The first-order valence-electron chi connectivity index (χ1n) is 6.90. The van der Waals surface area contributed by atoms with Gasteiger partial charge in [-0.15, -0.1) is 0 Å². The molecule has 1 aliphatic rings. The topological polar surface area (TPSA) is 106 Å². The predicted octanol–water partition coefficient (Wildman–Crippen LogP) is 1.72. The van der Waals surface area contributed by atoms with Gasteiger partial charge < -0.3 is 0 Å². The monoisotopic (exact) mass is 321 g/mol. The van der Waals surface area contributed by atoms with Gasteiger partial charge in [-0.2, -0.15) is 10.5 Å². The number of rotatable bonds is 3. The Bertz CT molecular complexity index is 920. The van der Waals surface area contributed by atoms with Crippen molar-refractivity contribution in [1.82, 2.24) is 9.55 Å². The Morgan fingerprint density at radius 2 is 2.00 bits per heavy atom. The molecule has 0 spiro atoms. The summed E-state index contributed by atoms with van der Waals surface area (Å²) in [6, 6.07) is 13.6. The number of thioether (sulfide) groups is 1. The molecule has 1 aromatic carbocycles. The molecule has 2 aromatic rings. The van der Waals surface area contributed by atoms with Gasteiger partial charge in [0, 0.05) is 0 Å². The molecule has 0 fully saturated rings. The molecule has 7 heteroatoms. The lowest BCUT2D eigenvalue weighted by molar-refractivity contribution is 0.777. The van der Waals surface area contributed by atoms with Crippen LogP contribution in [0, 0.1) is 28.1 Å². The van der Waals surface area contributed by atoms with E-state index in [-0.39, 0.29) is 11.4 Å². The van der Waals surface area contributed by atoms with Crippen LogP contribution in [0.5, 0.6) is 0 Å². The Morgan fingerprint density at radius 1 is 1.26 bits per heavy atom. The zero-order valence-electron chi connectivity index (χ0n) is 12.0. The number of hydrogen-bond acceptors (Lipinski definition) is 6. The van der Waals surface area contributed by atoms with Crippen molar-refractivity contribution in [2.45, 2.75) is 23.2 Å². The molecule has 23 heavy (non-hydrogen) atoms. The average molecular weight is 321 g/mol. The zero-order chi connectivity index (χ0) is 16.4. The molecule has 1 N–H and O–H groups in total. The molecule has 1 atom stereocenters. The van der Waals surface area contributed by atoms with Crippen LogP contribution in [0.15, 0.2) is 40.3 Å². The first kappa shape index (κ1) is 15.0. The van der Waals surface area contributed by atoms with E-state index in [0.29, 0.717) is 23.7 Å². The maximum atomic E-state index is 12.4. The van der Waals surface area contributed by atoms with E-state index in [9.17, 15) is 10.1 Å². The largest absolute Gasteiger partial charge is 0.286 e. The fourth-order valence-electron chi connectivity index (χ4n) is 2.40. The van der Waals surface area contributed by atoms with Gasteiger partial charge in [0.15, 0.2) is 10.4 Å². The highest BCUT2D eigenvalue weighted by atomic mass is 32.2. The molecular formula is C16H11N5OS. The van der Waals surface area contributed by atoms with E-state index < -0.39 is 10.8 Å². The van der Waals surface area contributed by atoms with Crippen LogP contribution >= 0.6 is 11.8 Å². The molecule has 0 radical (unpaired) electrons. The fourth-order valence-corrected chi connectivity index (χ4v) is 3.33. The molecule has 1 unspecified atom stereocenters. The van der Waals surface area contributed by atoms with E-state index in [1.165, 1.54) is 0 Å². The average Bonchev–Trinajstić information content (AvgIpc) is 2.90. The van der Waals surface area contributed by atoms with Gasteiger partial charge >= 0.3 is 0 Å². The second kappa shape index (κ2) is 6.07. The van der Waals surface area contributed by atoms with Crippen molar-refractivity contribution in [3.05, 3.63) is 57.5 Å². The number of benzene rings is 1. The Hall–Kier alpha value is -2.90. The summed E-state index contributed by atoms with van der Waals surface area (Å²) in [5, 5.41) is 25.8. The summed E-state index contributed by atoms with van der Waals surface area (Å²) in [7, 11) is 0. The standard InChI is InChI=1S/C16H11N5OS/c17-8-11-12(7-6-10-4-2-1-3-5-10)20-16-21(15(11)22)14(19)13(9-18)23-16/h1-5,13,19H,6-7H2. The Kier molecular flexibility index (Phi) is 3.96. The number of nitrogens with zero attached hydrogens (tertiary/aromatic N) is 4. The summed E-state index contributed by atoms with van der Waals surface area (Å²) in [6.45, 7) is 0.